The molecule has 0 aliphatic carbocycles. The summed E-state index contributed by atoms with van der Waals surface area (Å²) >= 11 is 1.31. The fraction of sp³-hybridized carbons (Fsp3) is 0.429. The summed E-state index contributed by atoms with van der Waals surface area (Å²) in [5.41, 5.74) is 0.552. The molecule has 0 saturated heterocycles. The molecule has 0 saturated carbocycles. The van der Waals surface area contributed by atoms with Gasteiger partial charge in [0, 0.05) is 5.54 Å². The summed E-state index contributed by atoms with van der Waals surface area (Å²) in [5, 5.41) is 12.4. The molecule has 0 spiro atoms. The quantitative estimate of drug-likeness (QED) is 0.935. The van der Waals surface area contributed by atoms with Crippen molar-refractivity contribution in [2.24, 2.45) is 0 Å². The Morgan fingerprint density at radius 2 is 2.05 bits per heavy atom. The van der Waals surface area contributed by atoms with E-state index < -0.39 is 0 Å². The van der Waals surface area contributed by atoms with Crippen LogP contribution in [0.1, 0.15) is 31.3 Å². The highest BCUT2D eigenvalue weighted by molar-refractivity contribution is 7.13. The van der Waals surface area contributed by atoms with Crippen molar-refractivity contribution in [3.05, 3.63) is 34.6 Å². The van der Waals surface area contributed by atoms with E-state index in [2.05, 4.69) is 36.3 Å². The van der Waals surface area contributed by atoms with Crippen molar-refractivity contribution in [2.45, 2.75) is 39.8 Å². The van der Waals surface area contributed by atoms with Gasteiger partial charge < -0.3 is 10.1 Å². The second-order valence-corrected chi connectivity index (χ2v) is 6.58. The van der Waals surface area contributed by atoms with Crippen LogP contribution in [0, 0.1) is 12.7 Å². The average Bonchev–Trinajstić information content (AvgIpc) is 2.80. The third-order valence-electron chi connectivity index (χ3n) is 2.57. The Hall–Kier alpha value is -1.53. The first-order chi connectivity index (χ1) is 9.35. The molecule has 0 amide bonds. The lowest BCUT2D eigenvalue weighted by Gasteiger charge is -2.19. The van der Waals surface area contributed by atoms with Crippen LogP contribution in [0.5, 0.6) is 10.9 Å². The second kappa shape index (κ2) is 5.85. The van der Waals surface area contributed by atoms with Gasteiger partial charge in [0.05, 0.1) is 6.54 Å². The number of halogens is 1. The lowest BCUT2D eigenvalue weighted by Crippen LogP contribution is -2.35. The molecule has 0 aliphatic heterocycles. The molecule has 0 atom stereocenters. The lowest BCUT2D eigenvalue weighted by atomic mass is 10.1. The first-order valence-electron chi connectivity index (χ1n) is 6.35. The van der Waals surface area contributed by atoms with E-state index >= 15 is 0 Å². The van der Waals surface area contributed by atoms with E-state index in [0.29, 0.717) is 17.3 Å². The molecule has 0 fully saturated rings. The van der Waals surface area contributed by atoms with E-state index in [4.69, 9.17) is 4.74 Å². The summed E-state index contributed by atoms with van der Waals surface area (Å²) in [6.45, 7) is 8.54. The maximum atomic E-state index is 13.8. The topological polar surface area (TPSA) is 47.0 Å². The number of nitrogens with one attached hydrogen (secondary N) is 1. The zero-order valence-electron chi connectivity index (χ0n) is 12.0. The molecule has 6 heteroatoms. The Kier molecular flexibility index (Phi) is 4.35. The molecular formula is C14H18FN3OS. The van der Waals surface area contributed by atoms with Gasteiger partial charge in [-0.25, -0.2) is 4.39 Å². The summed E-state index contributed by atoms with van der Waals surface area (Å²) in [5.74, 6) is -0.187. The van der Waals surface area contributed by atoms with Gasteiger partial charge in [0.2, 0.25) is 0 Å². The van der Waals surface area contributed by atoms with Gasteiger partial charge in [-0.1, -0.05) is 28.6 Å². The van der Waals surface area contributed by atoms with Crippen LogP contribution in [0.15, 0.2) is 18.2 Å². The number of benzene rings is 1. The molecule has 2 rings (SSSR count). The van der Waals surface area contributed by atoms with E-state index in [1.54, 1.807) is 25.1 Å². The normalized spacial score (nSPS) is 11.7. The van der Waals surface area contributed by atoms with Gasteiger partial charge in [0.1, 0.15) is 5.01 Å². The van der Waals surface area contributed by atoms with Crippen LogP contribution >= 0.6 is 11.3 Å². The number of aromatic nitrogens is 2. The van der Waals surface area contributed by atoms with Crippen molar-refractivity contribution in [2.75, 3.05) is 0 Å². The Labute approximate surface area is 122 Å². The number of hydrogen-bond acceptors (Lipinski definition) is 5. The Bertz CT molecular complexity index is 592. The van der Waals surface area contributed by atoms with Crippen LogP contribution in [-0.2, 0) is 6.54 Å². The minimum atomic E-state index is -0.364. The monoisotopic (exact) mass is 295 g/mol. The van der Waals surface area contributed by atoms with Crippen molar-refractivity contribution in [3.63, 3.8) is 0 Å². The third kappa shape index (κ3) is 3.98. The molecule has 20 heavy (non-hydrogen) atoms. The Morgan fingerprint density at radius 3 is 2.75 bits per heavy atom. The van der Waals surface area contributed by atoms with Crippen LogP contribution in [0.2, 0.25) is 0 Å². The second-order valence-electron chi connectivity index (χ2n) is 5.55. The number of hydrogen-bond donors (Lipinski definition) is 1. The largest absolute Gasteiger partial charge is 0.427 e. The first-order valence-corrected chi connectivity index (χ1v) is 7.17. The molecular weight excluding hydrogens is 277 g/mol. The van der Waals surface area contributed by atoms with Crippen LogP contribution in [0.3, 0.4) is 0 Å². The predicted octanol–water partition coefficient (Wildman–Crippen LogP) is 3.67. The van der Waals surface area contributed by atoms with E-state index in [-0.39, 0.29) is 17.1 Å². The van der Waals surface area contributed by atoms with E-state index in [1.165, 1.54) is 11.3 Å². The molecule has 0 bridgehead atoms. The predicted molar refractivity (Wildman–Crippen MR) is 77.7 cm³/mol. The summed E-state index contributed by atoms with van der Waals surface area (Å²) < 4.78 is 19.3. The maximum absolute atomic E-state index is 13.8. The van der Waals surface area contributed by atoms with Crippen molar-refractivity contribution < 1.29 is 9.13 Å². The molecule has 1 aromatic heterocycles. The molecule has 2 aromatic rings. The SMILES string of the molecule is Cc1cccc(Oc2nnc(CNC(C)(C)C)s2)c1F. The summed E-state index contributed by atoms with van der Waals surface area (Å²) in [7, 11) is 0. The summed E-state index contributed by atoms with van der Waals surface area (Å²) in [6, 6.07) is 5.02. The van der Waals surface area contributed by atoms with Crippen LogP contribution in [-0.4, -0.2) is 15.7 Å². The van der Waals surface area contributed by atoms with E-state index in [9.17, 15) is 4.39 Å². The molecule has 1 N–H and O–H groups in total. The van der Waals surface area contributed by atoms with Crippen molar-refractivity contribution in [1.82, 2.24) is 15.5 Å². The minimum Gasteiger partial charge on any atom is -0.427 e. The Balaban J connectivity index is 2.04. The van der Waals surface area contributed by atoms with Gasteiger partial charge >= 0.3 is 0 Å². The molecule has 108 valence electrons. The minimum absolute atomic E-state index is 0.00927. The number of nitrogens with zero attached hydrogens (tertiary/aromatic N) is 2. The zero-order valence-corrected chi connectivity index (χ0v) is 12.8. The standard InChI is InChI=1S/C14H18FN3OS/c1-9-6-5-7-10(12(9)15)19-13-18-17-11(20-13)8-16-14(2,3)4/h5-7,16H,8H2,1-4H3. The van der Waals surface area contributed by atoms with Crippen LogP contribution in [0.25, 0.3) is 0 Å². The molecule has 1 heterocycles. The highest BCUT2D eigenvalue weighted by Gasteiger charge is 2.13. The number of rotatable bonds is 4. The molecule has 0 radical (unpaired) electrons. The highest BCUT2D eigenvalue weighted by Crippen LogP contribution is 2.28. The van der Waals surface area contributed by atoms with E-state index in [0.717, 1.165) is 5.01 Å². The first kappa shape index (κ1) is 14.9. The number of ether oxygens (including phenoxy) is 1. The van der Waals surface area contributed by atoms with Gasteiger partial charge in [-0.15, -0.1) is 5.10 Å². The number of aryl methyl sites for hydroxylation is 1. The van der Waals surface area contributed by atoms with E-state index in [1.807, 2.05) is 0 Å². The third-order valence-corrected chi connectivity index (χ3v) is 3.37. The smallest absolute Gasteiger partial charge is 0.299 e. The average molecular weight is 295 g/mol. The Morgan fingerprint density at radius 1 is 1.30 bits per heavy atom. The van der Waals surface area contributed by atoms with Gasteiger partial charge in [0.25, 0.3) is 5.19 Å². The van der Waals surface area contributed by atoms with Crippen molar-refractivity contribution in [3.8, 4) is 10.9 Å². The van der Waals surface area contributed by atoms with Gasteiger partial charge in [0.15, 0.2) is 11.6 Å². The zero-order chi connectivity index (χ0) is 14.8. The van der Waals surface area contributed by atoms with Gasteiger partial charge in [-0.2, -0.15) is 0 Å². The molecule has 1 aromatic carbocycles. The fourth-order valence-corrected chi connectivity index (χ4v) is 2.13. The highest BCUT2D eigenvalue weighted by atomic mass is 32.1. The van der Waals surface area contributed by atoms with Crippen molar-refractivity contribution in [1.29, 1.82) is 0 Å². The van der Waals surface area contributed by atoms with Crippen LogP contribution in [0.4, 0.5) is 4.39 Å². The van der Waals surface area contributed by atoms with Gasteiger partial charge in [-0.05, 0) is 39.3 Å². The van der Waals surface area contributed by atoms with Crippen LogP contribution < -0.4 is 10.1 Å². The summed E-state index contributed by atoms with van der Waals surface area (Å²) in [4.78, 5) is 0. The van der Waals surface area contributed by atoms with Gasteiger partial charge in [-0.3, -0.25) is 0 Å². The fourth-order valence-electron chi connectivity index (χ4n) is 1.49. The maximum Gasteiger partial charge on any atom is 0.299 e. The molecule has 0 aliphatic rings. The van der Waals surface area contributed by atoms with Crippen molar-refractivity contribution >= 4 is 11.3 Å². The molecule has 0 unspecified atom stereocenters. The lowest BCUT2D eigenvalue weighted by molar-refractivity contribution is 0.422. The summed E-state index contributed by atoms with van der Waals surface area (Å²) in [6.07, 6.45) is 0. The molecule has 4 nitrogen and oxygen atoms in total.